The maximum Gasteiger partial charge on any atom is 0.310 e. The molecule has 6 nitrogen and oxygen atoms in total. The Kier molecular flexibility index (Phi) is 4.88. The average Bonchev–Trinajstić information content (AvgIpc) is 3.19. The molecular weight excluding hydrogens is 320 g/mol. The molecule has 25 heavy (non-hydrogen) atoms. The number of rotatable bonds is 5. The molecule has 0 saturated heterocycles. The molecule has 0 spiro atoms. The molecule has 3 rings (SSSR count). The maximum absolute atomic E-state index is 12.3. The van der Waals surface area contributed by atoms with Crippen LogP contribution in [0.5, 0.6) is 0 Å². The number of esters is 1. The zero-order valence-corrected chi connectivity index (χ0v) is 14.3. The van der Waals surface area contributed by atoms with Gasteiger partial charge in [-0.05, 0) is 55.9 Å². The number of anilines is 2. The first-order chi connectivity index (χ1) is 11.9. The van der Waals surface area contributed by atoms with Gasteiger partial charge < -0.3 is 15.4 Å². The van der Waals surface area contributed by atoms with Crippen LogP contribution in [-0.4, -0.2) is 23.9 Å². The number of fused-ring (bicyclic) bond motifs is 2. The summed E-state index contributed by atoms with van der Waals surface area (Å²) in [6.07, 6.45) is 5.22. The van der Waals surface area contributed by atoms with Crippen LogP contribution in [-0.2, 0) is 19.1 Å². The standard InChI is InChI=1S/C19H22N2O4/c1-11(25-19(24)17-10-13-3-4-14(17)9-13)18(23)21-16-7-5-15(6-8-16)20-12(2)22/h3-8,11,13-14,17H,9-10H2,1-2H3,(H,20,22)(H,21,23)/t11-,13-,14-,17-/m0/s1. The van der Waals surface area contributed by atoms with Gasteiger partial charge in [-0.25, -0.2) is 0 Å². The molecule has 2 N–H and O–H groups in total. The van der Waals surface area contributed by atoms with Crippen LogP contribution < -0.4 is 10.6 Å². The lowest BCUT2D eigenvalue weighted by molar-refractivity contribution is -0.158. The molecule has 1 aromatic carbocycles. The zero-order chi connectivity index (χ0) is 18.0. The third-order valence-electron chi connectivity index (χ3n) is 4.72. The third kappa shape index (κ3) is 4.07. The van der Waals surface area contributed by atoms with E-state index in [9.17, 15) is 14.4 Å². The van der Waals surface area contributed by atoms with E-state index in [1.807, 2.05) is 0 Å². The van der Waals surface area contributed by atoms with E-state index in [1.165, 1.54) is 6.92 Å². The topological polar surface area (TPSA) is 84.5 Å². The lowest BCUT2D eigenvalue weighted by Crippen LogP contribution is -2.33. The summed E-state index contributed by atoms with van der Waals surface area (Å²) in [7, 11) is 0. The number of nitrogens with one attached hydrogen (secondary N) is 2. The number of hydrogen-bond donors (Lipinski definition) is 2. The summed E-state index contributed by atoms with van der Waals surface area (Å²) in [5.74, 6) is -0.210. The number of benzene rings is 1. The molecule has 1 fully saturated rings. The lowest BCUT2D eigenvalue weighted by atomic mass is 9.94. The van der Waals surface area contributed by atoms with Gasteiger partial charge in [-0.1, -0.05) is 12.2 Å². The molecule has 0 unspecified atom stereocenters. The Morgan fingerprint density at radius 2 is 1.68 bits per heavy atom. The van der Waals surface area contributed by atoms with E-state index in [4.69, 9.17) is 4.74 Å². The predicted molar refractivity (Wildman–Crippen MR) is 93.8 cm³/mol. The Morgan fingerprint density at radius 1 is 1.04 bits per heavy atom. The first-order valence-electron chi connectivity index (χ1n) is 8.49. The van der Waals surface area contributed by atoms with Gasteiger partial charge in [0.15, 0.2) is 6.10 Å². The number of carbonyl (C=O) groups excluding carboxylic acids is 3. The molecule has 132 valence electrons. The number of allylic oxidation sites excluding steroid dienone is 2. The van der Waals surface area contributed by atoms with Crippen molar-refractivity contribution in [1.29, 1.82) is 0 Å². The molecule has 4 atom stereocenters. The predicted octanol–water partition coefficient (Wildman–Crippen LogP) is 2.73. The monoisotopic (exact) mass is 342 g/mol. The highest BCUT2D eigenvalue weighted by atomic mass is 16.5. The molecule has 0 radical (unpaired) electrons. The molecule has 2 amide bonds. The van der Waals surface area contributed by atoms with Crippen LogP contribution in [0.1, 0.15) is 26.7 Å². The first-order valence-corrected chi connectivity index (χ1v) is 8.49. The smallest absolute Gasteiger partial charge is 0.310 e. The molecule has 2 aliphatic carbocycles. The van der Waals surface area contributed by atoms with Gasteiger partial charge >= 0.3 is 5.97 Å². The van der Waals surface area contributed by atoms with Crippen molar-refractivity contribution in [3.8, 4) is 0 Å². The van der Waals surface area contributed by atoms with Crippen molar-refractivity contribution in [3.63, 3.8) is 0 Å². The van der Waals surface area contributed by atoms with E-state index < -0.39 is 6.10 Å². The molecule has 2 aliphatic rings. The quantitative estimate of drug-likeness (QED) is 0.636. The van der Waals surface area contributed by atoms with Gasteiger partial charge in [-0.3, -0.25) is 14.4 Å². The summed E-state index contributed by atoms with van der Waals surface area (Å²) >= 11 is 0. The van der Waals surface area contributed by atoms with Crippen molar-refractivity contribution in [2.75, 3.05) is 10.6 Å². The molecule has 1 aromatic rings. The molecule has 6 heteroatoms. The van der Waals surface area contributed by atoms with E-state index in [1.54, 1.807) is 31.2 Å². The number of amides is 2. The second-order valence-corrected chi connectivity index (χ2v) is 6.71. The lowest BCUT2D eigenvalue weighted by Gasteiger charge is -2.20. The Bertz CT molecular complexity index is 711. The highest BCUT2D eigenvalue weighted by molar-refractivity contribution is 5.95. The minimum absolute atomic E-state index is 0.123. The fourth-order valence-electron chi connectivity index (χ4n) is 3.45. The normalized spacial score (nSPS) is 24.6. The van der Waals surface area contributed by atoms with Crippen molar-refractivity contribution >= 4 is 29.2 Å². The molecule has 0 aromatic heterocycles. The van der Waals surface area contributed by atoms with Crippen LogP contribution in [0.25, 0.3) is 0 Å². The van der Waals surface area contributed by atoms with Crippen LogP contribution >= 0.6 is 0 Å². The number of ether oxygens (including phenoxy) is 1. The minimum Gasteiger partial charge on any atom is -0.452 e. The SMILES string of the molecule is CC(=O)Nc1ccc(NC(=O)[C@H](C)OC(=O)[C@H]2C[C@H]3C=C[C@H]2C3)cc1. The van der Waals surface area contributed by atoms with E-state index in [-0.39, 0.29) is 29.6 Å². The molecule has 0 heterocycles. The first kappa shape index (κ1) is 17.2. The van der Waals surface area contributed by atoms with Gasteiger partial charge in [0, 0.05) is 18.3 Å². The number of hydrogen-bond acceptors (Lipinski definition) is 4. The van der Waals surface area contributed by atoms with Gasteiger partial charge in [0.05, 0.1) is 5.92 Å². The van der Waals surface area contributed by atoms with E-state index in [0.29, 0.717) is 17.3 Å². The summed E-state index contributed by atoms with van der Waals surface area (Å²) in [4.78, 5) is 35.5. The average molecular weight is 342 g/mol. The molecule has 2 bridgehead atoms. The molecule has 0 aliphatic heterocycles. The molecule has 1 saturated carbocycles. The van der Waals surface area contributed by atoms with Gasteiger partial charge in [-0.2, -0.15) is 0 Å². The van der Waals surface area contributed by atoms with Crippen molar-refractivity contribution in [2.45, 2.75) is 32.8 Å². The summed E-state index contributed by atoms with van der Waals surface area (Å²) in [6.45, 7) is 3.00. The van der Waals surface area contributed by atoms with Crippen LogP contribution in [0.15, 0.2) is 36.4 Å². The Hall–Kier alpha value is -2.63. The highest BCUT2D eigenvalue weighted by Crippen LogP contribution is 2.44. The highest BCUT2D eigenvalue weighted by Gasteiger charge is 2.41. The van der Waals surface area contributed by atoms with Crippen molar-refractivity contribution < 1.29 is 19.1 Å². The number of carbonyl (C=O) groups is 3. The van der Waals surface area contributed by atoms with Crippen LogP contribution in [0.2, 0.25) is 0 Å². The van der Waals surface area contributed by atoms with Gasteiger partial charge in [0.25, 0.3) is 5.91 Å². The fraction of sp³-hybridized carbons (Fsp3) is 0.421. The zero-order valence-electron chi connectivity index (χ0n) is 14.3. The van der Waals surface area contributed by atoms with Crippen molar-refractivity contribution in [2.24, 2.45) is 17.8 Å². The Morgan fingerprint density at radius 3 is 2.20 bits per heavy atom. The van der Waals surface area contributed by atoms with E-state index in [0.717, 1.165) is 12.8 Å². The summed E-state index contributed by atoms with van der Waals surface area (Å²) in [5, 5.41) is 5.36. The summed E-state index contributed by atoms with van der Waals surface area (Å²) in [5.41, 5.74) is 1.22. The van der Waals surface area contributed by atoms with Crippen LogP contribution in [0, 0.1) is 17.8 Å². The summed E-state index contributed by atoms with van der Waals surface area (Å²) < 4.78 is 5.36. The largest absolute Gasteiger partial charge is 0.452 e. The fourth-order valence-corrected chi connectivity index (χ4v) is 3.45. The van der Waals surface area contributed by atoms with Crippen molar-refractivity contribution in [1.82, 2.24) is 0 Å². The Labute approximate surface area is 146 Å². The third-order valence-corrected chi connectivity index (χ3v) is 4.72. The summed E-state index contributed by atoms with van der Waals surface area (Å²) in [6, 6.07) is 6.74. The second kappa shape index (κ2) is 7.09. The second-order valence-electron chi connectivity index (χ2n) is 6.71. The molecular formula is C19H22N2O4. The minimum atomic E-state index is -0.856. The maximum atomic E-state index is 12.3. The Balaban J connectivity index is 1.51. The van der Waals surface area contributed by atoms with Gasteiger partial charge in [0.2, 0.25) is 5.91 Å². The van der Waals surface area contributed by atoms with Crippen molar-refractivity contribution in [3.05, 3.63) is 36.4 Å². The van der Waals surface area contributed by atoms with Gasteiger partial charge in [0.1, 0.15) is 0 Å². The van der Waals surface area contributed by atoms with E-state index >= 15 is 0 Å². The van der Waals surface area contributed by atoms with E-state index in [2.05, 4.69) is 22.8 Å². The van der Waals surface area contributed by atoms with Crippen LogP contribution in [0.3, 0.4) is 0 Å². The van der Waals surface area contributed by atoms with Gasteiger partial charge in [-0.15, -0.1) is 0 Å². The van der Waals surface area contributed by atoms with Crippen LogP contribution in [0.4, 0.5) is 11.4 Å².